The van der Waals surface area contributed by atoms with Crippen molar-refractivity contribution in [1.82, 2.24) is 19.7 Å². The zero-order valence-corrected chi connectivity index (χ0v) is 15.6. The Balaban J connectivity index is 1.63. The molecule has 138 valence electrons. The van der Waals surface area contributed by atoms with E-state index in [1.165, 1.54) is 5.56 Å². The quantitative estimate of drug-likeness (QED) is 0.802. The first-order valence-corrected chi connectivity index (χ1v) is 9.27. The second-order valence-electron chi connectivity index (χ2n) is 7.44. The summed E-state index contributed by atoms with van der Waals surface area (Å²) in [7, 11) is 2.01. The van der Waals surface area contributed by atoms with E-state index in [0.29, 0.717) is 12.6 Å². The van der Waals surface area contributed by atoms with Gasteiger partial charge in [0.1, 0.15) is 0 Å². The van der Waals surface area contributed by atoms with Crippen LogP contribution < -0.4 is 0 Å². The molecule has 2 saturated heterocycles. The van der Waals surface area contributed by atoms with Crippen LogP contribution in [0.5, 0.6) is 0 Å². The Morgan fingerprint density at radius 3 is 2.84 bits per heavy atom. The van der Waals surface area contributed by atoms with E-state index in [2.05, 4.69) is 40.8 Å². The molecule has 6 nitrogen and oxygen atoms in total. The number of likely N-dealkylation sites (tertiary alicyclic amines) is 1. The number of carbonyl (C=O) groups is 1. The third kappa shape index (κ3) is 4.57. The molecule has 6 heteroatoms. The molecule has 0 saturated carbocycles. The number of fused-ring (bicyclic) bond motifs is 1. The average molecular weight is 346 g/mol. The fourth-order valence-corrected chi connectivity index (χ4v) is 3.58. The van der Waals surface area contributed by atoms with Crippen molar-refractivity contribution in [2.45, 2.75) is 45.0 Å². The Bertz CT molecular complexity index is 566. The van der Waals surface area contributed by atoms with E-state index in [9.17, 15) is 4.79 Å². The zero-order chi connectivity index (χ0) is 17.8. The zero-order valence-electron chi connectivity index (χ0n) is 15.6. The van der Waals surface area contributed by atoms with Gasteiger partial charge >= 0.3 is 0 Å². The highest BCUT2D eigenvalue weighted by atomic mass is 16.5. The molecule has 3 rings (SSSR count). The minimum Gasteiger partial charge on any atom is -0.375 e. The van der Waals surface area contributed by atoms with E-state index in [1.807, 2.05) is 24.3 Å². The number of ether oxygens (including phenoxy) is 1. The Morgan fingerprint density at radius 2 is 2.12 bits per heavy atom. The number of piperidine rings is 1. The number of nitrogens with zero attached hydrogens (tertiary/aromatic N) is 4. The van der Waals surface area contributed by atoms with Crippen LogP contribution in [-0.2, 0) is 16.1 Å². The van der Waals surface area contributed by atoms with Gasteiger partial charge in [-0.15, -0.1) is 0 Å². The lowest BCUT2D eigenvalue weighted by Crippen LogP contribution is -2.61. The maximum absolute atomic E-state index is 12.7. The highest BCUT2D eigenvalue weighted by molar-refractivity contribution is 5.78. The van der Waals surface area contributed by atoms with Crippen LogP contribution in [-0.4, -0.2) is 83.6 Å². The Labute approximate surface area is 150 Å². The van der Waals surface area contributed by atoms with Gasteiger partial charge < -0.3 is 9.64 Å². The number of carbonyl (C=O) groups excluding carboxylic acids is 1. The van der Waals surface area contributed by atoms with Crippen LogP contribution >= 0.6 is 0 Å². The first-order chi connectivity index (χ1) is 12.0. The average Bonchev–Trinajstić information content (AvgIpc) is 2.62. The molecule has 1 amide bonds. The Hall–Kier alpha value is -1.50. The van der Waals surface area contributed by atoms with E-state index in [4.69, 9.17) is 4.74 Å². The number of likely N-dealkylation sites (N-methyl/N-ethyl adjacent to an activating group) is 1. The largest absolute Gasteiger partial charge is 0.375 e. The molecular formula is C19H30N4O2. The van der Waals surface area contributed by atoms with Gasteiger partial charge in [0.15, 0.2) is 0 Å². The number of rotatable bonds is 5. The van der Waals surface area contributed by atoms with E-state index in [0.717, 1.165) is 39.2 Å². The summed E-state index contributed by atoms with van der Waals surface area (Å²) < 4.78 is 5.99. The van der Waals surface area contributed by atoms with E-state index in [-0.39, 0.29) is 18.1 Å². The fraction of sp³-hybridized carbons (Fsp3) is 0.684. The van der Waals surface area contributed by atoms with Crippen LogP contribution in [0.4, 0.5) is 0 Å². The predicted molar refractivity (Wildman–Crippen MR) is 97.1 cm³/mol. The second-order valence-corrected chi connectivity index (χ2v) is 7.44. The third-order valence-corrected chi connectivity index (χ3v) is 5.45. The summed E-state index contributed by atoms with van der Waals surface area (Å²) in [6.07, 6.45) is 4.84. The molecule has 0 spiro atoms. The normalized spacial score (nSPS) is 24.6. The molecule has 3 heterocycles. The minimum atomic E-state index is 0.226. The molecule has 1 aromatic heterocycles. The molecule has 1 aromatic rings. The van der Waals surface area contributed by atoms with Crippen LogP contribution in [0.15, 0.2) is 24.5 Å². The van der Waals surface area contributed by atoms with Crippen LogP contribution in [0.1, 0.15) is 25.8 Å². The number of amides is 1. The monoisotopic (exact) mass is 346 g/mol. The molecule has 0 unspecified atom stereocenters. The Morgan fingerprint density at radius 1 is 1.36 bits per heavy atom. The summed E-state index contributed by atoms with van der Waals surface area (Å²) in [4.78, 5) is 23.4. The number of pyridine rings is 1. The second kappa shape index (κ2) is 8.25. The summed E-state index contributed by atoms with van der Waals surface area (Å²) >= 11 is 0. The molecule has 0 radical (unpaired) electrons. The Kier molecular flexibility index (Phi) is 6.04. The van der Waals surface area contributed by atoms with Crippen molar-refractivity contribution in [3.63, 3.8) is 0 Å². The molecule has 25 heavy (non-hydrogen) atoms. The maximum atomic E-state index is 12.7. The highest BCUT2D eigenvalue weighted by Gasteiger charge is 2.38. The van der Waals surface area contributed by atoms with Gasteiger partial charge in [0, 0.05) is 44.6 Å². The molecule has 2 aliphatic rings. The topological polar surface area (TPSA) is 48.9 Å². The standard InChI is InChI=1S/C19H30N4O2/c1-15(2)21(3)14-19(24)23-9-6-18-17(13-23)22(10-11-25-18)12-16-4-7-20-8-5-16/h4-5,7-8,15,17-18H,6,9-14H2,1-3H3/t17-,18-/m0/s1. The molecular weight excluding hydrogens is 316 g/mol. The van der Waals surface area contributed by atoms with Gasteiger partial charge in [-0.3, -0.25) is 19.6 Å². The highest BCUT2D eigenvalue weighted by Crippen LogP contribution is 2.24. The van der Waals surface area contributed by atoms with Gasteiger partial charge in [0.2, 0.25) is 5.91 Å². The SMILES string of the molecule is CC(C)N(C)CC(=O)N1CC[C@@H]2OCCN(Cc3ccncc3)[C@H]2C1. The van der Waals surface area contributed by atoms with E-state index >= 15 is 0 Å². The van der Waals surface area contributed by atoms with Crippen molar-refractivity contribution in [3.05, 3.63) is 30.1 Å². The lowest BCUT2D eigenvalue weighted by molar-refractivity contribution is -0.144. The smallest absolute Gasteiger partial charge is 0.236 e. The van der Waals surface area contributed by atoms with Gasteiger partial charge in [0.05, 0.1) is 25.3 Å². The fourth-order valence-electron chi connectivity index (χ4n) is 3.58. The van der Waals surface area contributed by atoms with Crippen molar-refractivity contribution >= 4 is 5.91 Å². The molecule has 0 aliphatic carbocycles. The summed E-state index contributed by atoms with van der Waals surface area (Å²) in [5.41, 5.74) is 1.26. The van der Waals surface area contributed by atoms with Crippen molar-refractivity contribution in [2.24, 2.45) is 0 Å². The van der Waals surface area contributed by atoms with E-state index in [1.54, 1.807) is 0 Å². The van der Waals surface area contributed by atoms with Crippen molar-refractivity contribution in [2.75, 3.05) is 39.8 Å². The minimum absolute atomic E-state index is 0.226. The molecule has 2 atom stereocenters. The van der Waals surface area contributed by atoms with Crippen LogP contribution in [0.2, 0.25) is 0 Å². The third-order valence-electron chi connectivity index (χ3n) is 5.45. The van der Waals surface area contributed by atoms with Crippen LogP contribution in [0.3, 0.4) is 0 Å². The van der Waals surface area contributed by atoms with Gasteiger partial charge in [-0.25, -0.2) is 0 Å². The van der Waals surface area contributed by atoms with Crippen molar-refractivity contribution < 1.29 is 9.53 Å². The molecule has 0 bridgehead atoms. The lowest BCUT2D eigenvalue weighted by atomic mass is 9.98. The van der Waals surface area contributed by atoms with Gasteiger partial charge in [-0.05, 0) is 45.0 Å². The number of morpholine rings is 1. The summed E-state index contributed by atoms with van der Waals surface area (Å²) in [6.45, 7) is 8.86. The number of hydrogen-bond donors (Lipinski definition) is 0. The first-order valence-electron chi connectivity index (χ1n) is 9.27. The summed E-state index contributed by atoms with van der Waals surface area (Å²) in [5.74, 6) is 0.226. The van der Waals surface area contributed by atoms with Crippen molar-refractivity contribution in [3.8, 4) is 0 Å². The first kappa shape index (κ1) is 18.3. The van der Waals surface area contributed by atoms with Crippen LogP contribution in [0, 0.1) is 0 Å². The van der Waals surface area contributed by atoms with Gasteiger partial charge in [-0.1, -0.05) is 0 Å². The number of aromatic nitrogens is 1. The molecule has 0 aromatic carbocycles. The summed E-state index contributed by atoms with van der Waals surface area (Å²) in [5, 5.41) is 0. The molecule has 2 fully saturated rings. The van der Waals surface area contributed by atoms with Crippen LogP contribution in [0.25, 0.3) is 0 Å². The summed E-state index contributed by atoms with van der Waals surface area (Å²) in [6, 6.07) is 4.79. The predicted octanol–water partition coefficient (Wildman–Crippen LogP) is 1.22. The van der Waals surface area contributed by atoms with Gasteiger partial charge in [-0.2, -0.15) is 0 Å². The molecule has 2 aliphatic heterocycles. The van der Waals surface area contributed by atoms with Crippen molar-refractivity contribution in [1.29, 1.82) is 0 Å². The van der Waals surface area contributed by atoms with E-state index < -0.39 is 0 Å². The molecule has 0 N–H and O–H groups in total. The lowest BCUT2D eigenvalue weighted by Gasteiger charge is -2.47. The van der Waals surface area contributed by atoms with Gasteiger partial charge in [0.25, 0.3) is 0 Å². The maximum Gasteiger partial charge on any atom is 0.236 e. The number of hydrogen-bond acceptors (Lipinski definition) is 5.